The van der Waals surface area contributed by atoms with Crippen LogP contribution >= 0.6 is 0 Å². The maximum atomic E-state index is 11.7. The number of hydrogen-bond acceptors (Lipinski definition) is 5. The van der Waals surface area contributed by atoms with Gasteiger partial charge in [0.05, 0.1) is 0 Å². The van der Waals surface area contributed by atoms with Crippen LogP contribution < -0.4 is 11.1 Å². The molecule has 0 aliphatic carbocycles. The number of para-hydroxylation sites is 1. The molecule has 2 aromatic rings. The molecule has 0 spiro atoms. The van der Waals surface area contributed by atoms with E-state index in [0.29, 0.717) is 11.0 Å². The molecule has 1 aromatic carbocycles. The predicted octanol–water partition coefficient (Wildman–Crippen LogP) is 0.927. The Morgan fingerprint density at radius 2 is 2.05 bits per heavy atom. The van der Waals surface area contributed by atoms with Crippen molar-refractivity contribution >= 4 is 22.8 Å². The molecule has 2 rings (SSSR count). The largest absolute Gasteiger partial charge is 0.479 e. The topological polar surface area (TPSA) is 106 Å². The van der Waals surface area contributed by atoms with E-state index < -0.39 is 23.6 Å². The number of fused-ring (bicyclic) bond motifs is 1. The summed E-state index contributed by atoms with van der Waals surface area (Å²) in [6, 6.07) is 8.05. The second kappa shape index (κ2) is 5.54. The van der Waals surface area contributed by atoms with Gasteiger partial charge in [-0.25, -0.2) is 15.1 Å². The van der Waals surface area contributed by atoms with Crippen LogP contribution in [0.3, 0.4) is 0 Å². The molecule has 0 aliphatic heterocycles. The number of hydrogen-bond donors (Lipinski definition) is 2. The SMILES string of the molecule is CC(ONC(=O)c1cc2ccccc2oc1=O)C(=O)O. The van der Waals surface area contributed by atoms with E-state index in [9.17, 15) is 14.4 Å². The van der Waals surface area contributed by atoms with Crippen LogP contribution in [0.1, 0.15) is 17.3 Å². The summed E-state index contributed by atoms with van der Waals surface area (Å²) in [5.41, 5.74) is 1.17. The van der Waals surface area contributed by atoms with Gasteiger partial charge in [0.25, 0.3) is 5.91 Å². The Kier molecular flexibility index (Phi) is 3.81. The summed E-state index contributed by atoms with van der Waals surface area (Å²) in [5.74, 6) is -2.10. The highest BCUT2D eigenvalue weighted by Gasteiger charge is 2.17. The Balaban J connectivity index is 2.24. The van der Waals surface area contributed by atoms with Crippen LogP contribution in [0.2, 0.25) is 0 Å². The molecule has 2 N–H and O–H groups in total. The second-order valence-corrected chi connectivity index (χ2v) is 4.01. The van der Waals surface area contributed by atoms with E-state index in [1.165, 1.54) is 13.0 Å². The quantitative estimate of drug-likeness (QED) is 0.636. The molecule has 1 amide bonds. The first-order valence-corrected chi connectivity index (χ1v) is 5.70. The van der Waals surface area contributed by atoms with Crippen molar-refractivity contribution < 1.29 is 24.0 Å². The molecule has 1 aromatic heterocycles. The minimum absolute atomic E-state index is 0.263. The first-order valence-electron chi connectivity index (χ1n) is 5.70. The maximum absolute atomic E-state index is 11.7. The first kappa shape index (κ1) is 13.8. The number of carboxylic acid groups (broad SMARTS) is 1. The highest BCUT2D eigenvalue weighted by molar-refractivity contribution is 5.96. The number of amides is 1. The standard InChI is InChI=1S/C13H11NO6/c1-7(12(16)17)20-14-11(15)9-6-8-4-2-3-5-10(8)19-13(9)18/h2-7H,1H3,(H,14,15)(H,16,17). The fourth-order valence-corrected chi connectivity index (χ4v) is 1.47. The van der Waals surface area contributed by atoms with Gasteiger partial charge in [-0.1, -0.05) is 18.2 Å². The van der Waals surface area contributed by atoms with Crippen molar-refractivity contribution in [1.29, 1.82) is 0 Å². The van der Waals surface area contributed by atoms with Crippen LogP contribution in [0.5, 0.6) is 0 Å². The summed E-state index contributed by atoms with van der Waals surface area (Å²) >= 11 is 0. The molecule has 104 valence electrons. The number of carbonyl (C=O) groups is 2. The Morgan fingerprint density at radius 3 is 2.75 bits per heavy atom. The second-order valence-electron chi connectivity index (χ2n) is 4.01. The molecule has 0 aliphatic rings. The number of aliphatic carboxylic acids is 1. The lowest BCUT2D eigenvalue weighted by atomic mass is 10.2. The van der Waals surface area contributed by atoms with E-state index in [1.54, 1.807) is 24.3 Å². The zero-order chi connectivity index (χ0) is 14.7. The Bertz CT molecular complexity index is 720. The van der Waals surface area contributed by atoms with Gasteiger partial charge in [0.15, 0.2) is 6.10 Å². The highest BCUT2D eigenvalue weighted by atomic mass is 16.7. The Morgan fingerprint density at radius 1 is 1.35 bits per heavy atom. The average Bonchev–Trinajstić information content (AvgIpc) is 2.43. The third-order valence-corrected chi connectivity index (χ3v) is 2.56. The number of nitrogens with one attached hydrogen (secondary N) is 1. The molecule has 0 radical (unpaired) electrons. The van der Waals surface area contributed by atoms with Crippen molar-refractivity contribution in [1.82, 2.24) is 5.48 Å². The lowest BCUT2D eigenvalue weighted by molar-refractivity contribution is -0.152. The zero-order valence-corrected chi connectivity index (χ0v) is 10.5. The normalized spacial score (nSPS) is 12.1. The van der Waals surface area contributed by atoms with Gasteiger partial charge in [-0.05, 0) is 19.1 Å². The van der Waals surface area contributed by atoms with Crippen molar-refractivity contribution in [2.45, 2.75) is 13.0 Å². The average molecular weight is 277 g/mol. The van der Waals surface area contributed by atoms with Gasteiger partial charge in [0, 0.05) is 5.39 Å². The molecule has 1 atom stereocenters. The maximum Gasteiger partial charge on any atom is 0.349 e. The molecule has 1 unspecified atom stereocenters. The number of rotatable bonds is 4. The summed E-state index contributed by atoms with van der Waals surface area (Å²) in [4.78, 5) is 38.5. The number of benzene rings is 1. The van der Waals surface area contributed by atoms with E-state index in [4.69, 9.17) is 9.52 Å². The third-order valence-electron chi connectivity index (χ3n) is 2.56. The van der Waals surface area contributed by atoms with Crippen molar-refractivity contribution in [3.8, 4) is 0 Å². The van der Waals surface area contributed by atoms with Crippen LogP contribution in [0.15, 0.2) is 39.5 Å². The molecule has 0 bridgehead atoms. The molecule has 1 heterocycles. The number of carboxylic acids is 1. The summed E-state index contributed by atoms with van der Waals surface area (Å²) < 4.78 is 4.98. The minimum Gasteiger partial charge on any atom is -0.479 e. The molecule has 0 fully saturated rings. The number of carbonyl (C=O) groups excluding carboxylic acids is 1. The van der Waals surface area contributed by atoms with E-state index in [2.05, 4.69) is 4.84 Å². The van der Waals surface area contributed by atoms with Crippen molar-refractivity contribution in [2.24, 2.45) is 0 Å². The molecular formula is C13H11NO6. The van der Waals surface area contributed by atoms with E-state index in [-0.39, 0.29) is 5.56 Å². The van der Waals surface area contributed by atoms with Crippen molar-refractivity contribution in [3.63, 3.8) is 0 Å². The third kappa shape index (κ3) is 2.83. The van der Waals surface area contributed by atoms with E-state index in [1.807, 2.05) is 5.48 Å². The van der Waals surface area contributed by atoms with E-state index >= 15 is 0 Å². The molecule has 0 saturated heterocycles. The monoisotopic (exact) mass is 277 g/mol. The van der Waals surface area contributed by atoms with Gasteiger partial charge >= 0.3 is 11.6 Å². The van der Waals surface area contributed by atoms with Gasteiger partial charge in [0.2, 0.25) is 0 Å². The minimum atomic E-state index is -1.24. The summed E-state index contributed by atoms with van der Waals surface area (Å²) in [5, 5.41) is 9.18. The van der Waals surface area contributed by atoms with Crippen LogP contribution in [-0.2, 0) is 9.63 Å². The van der Waals surface area contributed by atoms with Gasteiger partial charge in [-0.15, -0.1) is 0 Å². The fourth-order valence-electron chi connectivity index (χ4n) is 1.47. The van der Waals surface area contributed by atoms with E-state index in [0.717, 1.165) is 0 Å². The van der Waals surface area contributed by atoms with Crippen molar-refractivity contribution in [3.05, 3.63) is 46.3 Å². The van der Waals surface area contributed by atoms with Crippen LogP contribution in [0.4, 0.5) is 0 Å². The first-order chi connectivity index (χ1) is 9.49. The Labute approximate surface area is 112 Å². The summed E-state index contributed by atoms with van der Waals surface area (Å²) in [6.45, 7) is 1.24. The van der Waals surface area contributed by atoms with Gasteiger partial charge in [0.1, 0.15) is 11.1 Å². The smallest absolute Gasteiger partial charge is 0.349 e. The van der Waals surface area contributed by atoms with Gasteiger partial charge in [-0.2, -0.15) is 0 Å². The zero-order valence-electron chi connectivity index (χ0n) is 10.5. The lowest BCUT2D eigenvalue weighted by Gasteiger charge is -2.08. The van der Waals surface area contributed by atoms with Gasteiger partial charge < -0.3 is 9.52 Å². The predicted molar refractivity (Wildman–Crippen MR) is 68.1 cm³/mol. The summed E-state index contributed by atoms with van der Waals surface area (Å²) in [7, 11) is 0. The molecule has 0 saturated carbocycles. The highest BCUT2D eigenvalue weighted by Crippen LogP contribution is 2.12. The van der Waals surface area contributed by atoms with Gasteiger partial charge in [-0.3, -0.25) is 9.63 Å². The molecule has 7 nitrogen and oxygen atoms in total. The molecule has 7 heteroatoms. The summed E-state index contributed by atoms with van der Waals surface area (Å²) in [6.07, 6.45) is -1.23. The lowest BCUT2D eigenvalue weighted by Crippen LogP contribution is -2.34. The molecular weight excluding hydrogens is 266 g/mol. The van der Waals surface area contributed by atoms with Crippen LogP contribution in [-0.4, -0.2) is 23.1 Å². The van der Waals surface area contributed by atoms with Crippen LogP contribution in [0.25, 0.3) is 11.0 Å². The molecule has 20 heavy (non-hydrogen) atoms. The van der Waals surface area contributed by atoms with Crippen LogP contribution in [0, 0.1) is 0 Å². The Hall–Kier alpha value is -2.67. The fraction of sp³-hybridized carbons (Fsp3) is 0.154. The van der Waals surface area contributed by atoms with Crippen molar-refractivity contribution in [2.75, 3.05) is 0 Å². The number of hydroxylamine groups is 1.